The van der Waals surface area contributed by atoms with Gasteiger partial charge in [0.1, 0.15) is 23.4 Å². The van der Waals surface area contributed by atoms with Gasteiger partial charge in [-0.05, 0) is 74.0 Å². The summed E-state index contributed by atoms with van der Waals surface area (Å²) in [4.78, 5) is 28.2. The summed E-state index contributed by atoms with van der Waals surface area (Å²) >= 11 is 0. The monoisotopic (exact) mass is 468 g/mol. The molecule has 1 aromatic heterocycles. The Morgan fingerprint density at radius 2 is 1.80 bits per heavy atom. The number of furan rings is 1. The third-order valence-corrected chi connectivity index (χ3v) is 6.49. The number of benzene rings is 3. The molecule has 0 saturated carbocycles. The molecule has 1 unspecified atom stereocenters. The van der Waals surface area contributed by atoms with Crippen molar-refractivity contribution in [2.24, 2.45) is 0 Å². The van der Waals surface area contributed by atoms with E-state index >= 15 is 0 Å². The van der Waals surface area contributed by atoms with Gasteiger partial charge < -0.3 is 25.7 Å². The fourth-order valence-electron chi connectivity index (χ4n) is 4.68. The Hall–Kier alpha value is -4.10. The average Bonchev–Trinajstić information content (AvgIpc) is 3.53. The summed E-state index contributed by atoms with van der Waals surface area (Å²) < 4.78 is 5.97. The highest BCUT2D eigenvalue weighted by atomic mass is 16.3. The number of nitrogens with one attached hydrogen (secondary N) is 2. The highest BCUT2D eigenvalue weighted by molar-refractivity contribution is 6.00. The zero-order valence-electron chi connectivity index (χ0n) is 19.5. The third-order valence-electron chi connectivity index (χ3n) is 6.49. The van der Waals surface area contributed by atoms with Gasteiger partial charge in [0, 0.05) is 28.9 Å². The Balaban J connectivity index is 1.32. The highest BCUT2D eigenvalue weighted by Crippen LogP contribution is 2.31. The topological polar surface area (TPSA) is 101 Å². The van der Waals surface area contributed by atoms with Crippen molar-refractivity contribution < 1.29 is 14.0 Å². The summed E-state index contributed by atoms with van der Waals surface area (Å²) in [5, 5.41) is 6.99. The smallest absolute Gasteiger partial charge is 0.247 e. The van der Waals surface area contributed by atoms with E-state index in [1.807, 2.05) is 78.9 Å². The number of amides is 2. The first kappa shape index (κ1) is 22.7. The first-order valence-electron chi connectivity index (χ1n) is 11.8. The van der Waals surface area contributed by atoms with E-state index in [0.29, 0.717) is 24.3 Å². The molecule has 0 spiro atoms. The lowest BCUT2D eigenvalue weighted by Crippen LogP contribution is -2.47. The summed E-state index contributed by atoms with van der Waals surface area (Å²) in [5.74, 6) is 0.463. The molecule has 0 bridgehead atoms. The molecule has 0 aliphatic carbocycles. The fraction of sp³-hybridized carbons (Fsp3) is 0.214. The number of carbonyl (C=O) groups is 2. The van der Waals surface area contributed by atoms with Crippen LogP contribution in [0.25, 0.3) is 22.3 Å². The molecular weight excluding hydrogens is 440 g/mol. The van der Waals surface area contributed by atoms with Gasteiger partial charge in [-0.3, -0.25) is 9.59 Å². The van der Waals surface area contributed by atoms with E-state index in [0.717, 1.165) is 34.3 Å². The second-order valence-electron chi connectivity index (χ2n) is 8.80. The number of likely N-dealkylation sites (tertiary alicyclic amines) is 1. The fourth-order valence-corrected chi connectivity index (χ4v) is 4.68. The Morgan fingerprint density at radius 3 is 2.54 bits per heavy atom. The molecule has 1 aliphatic rings. The number of hydrogen-bond acceptors (Lipinski definition) is 5. The molecule has 1 saturated heterocycles. The number of nitrogens with two attached hydrogens (primary N) is 1. The first-order valence-corrected chi connectivity index (χ1v) is 11.8. The van der Waals surface area contributed by atoms with E-state index in [1.54, 1.807) is 11.9 Å². The maximum absolute atomic E-state index is 13.3. The number of rotatable bonds is 6. The predicted molar refractivity (Wildman–Crippen MR) is 138 cm³/mol. The zero-order valence-corrected chi connectivity index (χ0v) is 19.5. The Morgan fingerprint density at radius 1 is 1.03 bits per heavy atom. The number of nitrogens with zero attached hydrogens (tertiary/aromatic N) is 1. The van der Waals surface area contributed by atoms with Crippen molar-refractivity contribution in [3.8, 4) is 11.3 Å². The number of fused-ring (bicyclic) bond motifs is 1. The molecule has 5 rings (SSSR count). The molecule has 4 N–H and O–H groups in total. The van der Waals surface area contributed by atoms with Crippen LogP contribution in [0.5, 0.6) is 0 Å². The number of hydrogen-bond donors (Lipinski definition) is 3. The Kier molecular flexibility index (Phi) is 6.25. The summed E-state index contributed by atoms with van der Waals surface area (Å²) in [6.45, 7) is 0.563. The molecule has 0 radical (unpaired) electrons. The lowest BCUT2D eigenvalue weighted by atomic mass is 10.1. The molecule has 7 heteroatoms. The standard InChI is InChI=1S/C28H28N4O3/c1-30-26(19-6-3-2-4-7-19)28(34)32-15-5-8-23(32)27(33)31-22-13-14-24-20(16-22)17-25(35-24)18-9-11-21(29)12-10-18/h2-4,6-7,9-14,16-17,23,26,30H,5,8,15,29H2,1H3,(H,31,33)/t23-,26?/m0/s1. The van der Waals surface area contributed by atoms with E-state index in [-0.39, 0.29) is 11.8 Å². The molecular formula is C28H28N4O3. The van der Waals surface area contributed by atoms with E-state index in [1.165, 1.54) is 0 Å². The van der Waals surface area contributed by atoms with Crippen LogP contribution >= 0.6 is 0 Å². The van der Waals surface area contributed by atoms with E-state index in [4.69, 9.17) is 10.2 Å². The van der Waals surface area contributed by atoms with Crippen molar-refractivity contribution in [1.82, 2.24) is 10.2 Å². The predicted octanol–water partition coefficient (Wildman–Crippen LogP) is 4.57. The zero-order chi connectivity index (χ0) is 24.4. The van der Waals surface area contributed by atoms with Crippen molar-refractivity contribution in [2.75, 3.05) is 24.6 Å². The number of nitrogen functional groups attached to an aromatic ring is 1. The second-order valence-corrected chi connectivity index (χ2v) is 8.80. The van der Waals surface area contributed by atoms with Gasteiger partial charge in [-0.2, -0.15) is 0 Å². The number of carbonyl (C=O) groups excluding carboxylic acids is 2. The minimum atomic E-state index is -0.507. The Labute approximate surface area is 203 Å². The van der Waals surface area contributed by atoms with Crippen LogP contribution in [0.15, 0.2) is 83.3 Å². The lowest BCUT2D eigenvalue weighted by molar-refractivity contribution is -0.138. The SMILES string of the molecule is CNC(C(=O)N1CCC[C@H]1C(=O)Nc1ccc2oc(-c3ccc(N)cc3)cc2c1)c1ccccc1. The quantitative estimate of drug-likeness (QED) is 0.360. The average molecular weight is 469 g/mol. The van der Waals surface area contributed by atoms with Crippen LogP contribution in [0.2, 0.25) is 0 Å². The molecule has 2 atom stereocenters. The molecule has 2 heterocycles. The van der Waals surface area contributed by atoms with E-state index < -0.39 is 12.1 Å². The molecule has 35 heavy (non-hydrogen) atoms. The van der Waals surface area contributed by atoms with Crippen molar-refractivity contribution >= 4 is 34.2 Å². The van der Waals surface area contributed by atoms with Gasteiger partial charge in [-0.15, -0.1) is 0 Å². The van der Waals surface area contributed by atoms with Gasteiger partial charge in [0.15, 0.2) is 0 Å². The number of likely N-dealkylation sites (N-methyl/N-ethyl adjacent to an activating group) is 1. The minimum absolute atomic E-state index is 0.0882. The van der Waals surface area contributed by atoms with Gasteiger partial charge in [0.25, 0.3) is 0 Å². The van der Waals surface area contributed by atoms with Crippen LogP contribution in [-0.4, -0.2) is 36.3 Å². The molecule has 4 aromatic rings. The van der Waals surface area contributed by atoms with E-state index in [9.17, 15) is 9.59 Å². The number of anilines is 2. The van der Waals surface area contributed by atoms with E-state index in [2.05, 4.69) is 10.6 Å². The van der Waals surface area contributed by atoms with Gasteiger partial charge in [-0.1, -0.05) is 30.3 Å². The van der Waals surface area contributed by atoms with Gasteiger partial charge >= 0.3 is 0 Å². The van der Waals surface area contributed by atoms with Crippen LogP contribution in [0, 0.1) is 0 Å². The van der Waals surface area contributed by atoms with Crippen LogP contribution in [0.3, 0.4) is 0 Å². The summed E-state index contributed by atoms with van der Waals surface area (Å²) in [6.07, 6.45) is 1.43. The third kappa shape index (κ3) is 4.63. The second kappa shape index (κ2) is 9.64. The lowest BCUT2D eigenvalue weighted by Gasteiger charge is -2.28. The summed E-state index contributed by atoms with van der Waals surface area (Å²) in [7, 11) is 1.76. The van der Waals surface area contributed by atoms with Crippen LogP contribution in [-0.2, 0) is 9.59 Å². The normalized spacial score (nSPS) is 16.4. The molecule has 7 nitrogen and oxygen atoms in total. The molecule has 1 aliphatic heterocycles. The summed E-state index contributed by atoms with van der Waals surface area (Å²) in [6, 6.07) is 23.6. The van der Waals surface area contributed by atoms with Crippen molar-refractivity contribution in [3.63, 3.8) is 0 Å². The largest absolute Gasteiger partial charge is 0.456 e. The molecule has 178 valence electrons. The van der Waals surface area contributed by atoms with Crippen LogP contribution in [0.4, 0.5) is 11.4 Å². The maximum Gasteiger partial charge on any atom is 0.247 e. The highest BCUT2D eigenvalue weighted by Gasteiger charge is 2.37. The molecule has 1 fully saturated rings. The van der Waals surface area contributed by atoms with Crippen LogP contribution in [0.1, 0.15) is 24.4 Å². The van der Waals surface area contributed by atoms with Crippen LogP contribution < -0.4 is 16.4 Å². The van der Waals surface area contributed by atoms with Gasteiger partial charge in [-0.25, -0.2) is 0 Å². The minimum Gasteiger partial charge on any atom is -0.456 e. The van der Waals surface area contributed by atoms with Gasteiger partial charge in [0.05, 0.1) is 0 Å². The molecule has 3 aromatic carbocycles. The maximum atomic E-state index is 13.3. The Bertz CT molecular complexity index is 1350. The van der Waals surface area contributed by atoms with Gasteiger partial charge in [0.2, 0.25) is 11.8 Å². The first-order chi connectivity index (χ1) is 17.0. The molecule has 2 amide bonds. The summed E-state index contributed by atoms with van der Waals surface area (Å²) in [5.41, 5.74) is 9.68. The van der Waals surface area contributed by atoms with Crippen molar-refractivity contribution in [1.29, 1.82) is 0 Å². The van der Waals surface area contributed by atoms with Crippen molar-refractivity contribution in [3.05, 3.63) is 84.4 Å². The van der Waals surface area contributed by atoms with Crippen molar-refractivity contribution in [2.45, 2.75) is 24.9 Å².